The summed E-state index contributed by atoms with van der Waals surface area (Å²) in [5.74, 6) is 1.11. The van der Waals surface area contributed by atoms with Gasteiger partial charge in [0.05, 0.1) is 0 Å². The fraction of sp³-hybridized carbons (Fsp3) is 0.682. The topological polar surface area (TPSA) is 26.8 Å². The van der Waals surface area contributed by atoms with Crippen molar-refractivity contribution in [3.8, 4) is 0 Å². The van der Waals surface area contributed by atoms with Crippen LogP contribution in [0.3, 0.4) is 0 Å². The summed E-state index contributed by atoms with van der Waals surface area (Å²) in [6.45, 7) is 6.42. The van der Waals surface area contributed by atoms with Gasteiger partial charge in [-0.25, -0.2) is 0 Å². The number of hydrogen-bond acceptors (Lipinski definition) is 3. The zero-order valence-corrected chi connectivity index (χ0v) is 15.8. The Kier molecular flexibility index (Phi) is 4.39. The summed E-state index contributed by atoms with van der Waals surface area (Å²) >= 11 is 0. The van der Waals surface area contributed by atoms with E-state index in [1.54, 1.807) is 0 Å². The highest BCUT2D eigenvalue weighted by Crippen LogP contribution is 2.49. The molecule has 4 fully saturated rings. The summed E-state index contributed by atoms with van der Waals surface area (Å²) in [6, 6.07) is 9.87. The molecular weight excluding hydrogens is 322 g/mol. The summed E-state index contributed by atoms with van der Waals surface area (Å²) in [4.78, 5) is 20.1. The Morgan fingerprint density at radius 3 is 2.15 bits per heavy atom. The molecule has 1 aromatic carbocycles. The van der Waals surface area contributed by atoms with E-state index in [0.717, 1.165) is 38.6 Å². The Bertz CT molecular complexity index is 640. The average Bonchev–Trinajstić information content (AvgIpc) is 3.25. The standard InChI is InChI=1S/C22H31N3O/c26-22(25-14-12-24(13-15-25)18-4-3-5-18)21-16-20(21)17-6-8-19(9-7-17)23-10-1-2-11-23/h6-9,18,20-21H,1-5,10-16H2/t20-,21+/m1/s1. The van der Waals surface area contributed by atoms with Gasteiger partial charge in [0.15, 0.2) is 0 Å². The third kappa shape index (κ3) is 3.13. The predicted octanol–water partition coefficient (Wildman–Crippen LogP) is 3.09. The molecule has 2 saturated carbocycles. The van der Waals surface area contributed by atoms with Crippen LogP contribution < -0.4 is 4.90 Å². The van der Waals surface area contributed by atoms with E-state index in [9.17, 15) is 4.79 Å². The fourth-order valence-electron chi connectivity index (χ4n) is 5.04. The summed E-state index contributed by atoms with van der Waals surface area (Å²) in [7, 11) is 0. The lowest BCUT2D eigenvalue weighted by atomic mass is 9.91. The first-order valence-corrected chi connectivity index (χ1v) is 10.7. The molecule has 140 valence electrons. The van der Waals surface area contributed by atoms with Crippen molar-refractivity contribution in [2.24, 2.45) is 5.92 Å². The maximum Gasteiger partial charge on any atom is 0.226 e. The third-order valence-corrected chi connectivity index (χ3v) is 7.12. The molecule has 2 heterocycles. The Hall–Kier alpha value is -1.55. The van der Waals surface area contributed by atoms with E-state index in [1.807, 2.05) is 0 Å². The van der Waals surface area contributed by atoms with Gasteiger partial charge in [-0.15, -0.1) is 0 Å². The molecule has 2 atom stereocenters. The zero-order chi connectivity index (χ0) is 17.5. The van der Waals surface area contributed by atoms with Gasteiger partial charge >= 0.3 is 0 Å². The molecule has 0 N–H and O–H groups in total. The first-order valence-electron chi connectivity index (χ1n) is 10.7. The Morgan fingerprint density at radius 2 is 1.54 bits per heavy atom. The van der Waals surface area contributed by atoms with Crippen LogP contribution in [0.2, 0.25) is 0 Å². The van der Waals surface area contributed by atoms with Crippen molar-refractivity contribution >= 4 is 11.6 Å². The van der Waals surface area contributed by atoms with Crippen LogP contribution in [0, 0.1) is 5.92 Å². The fourth-order valence-corrected chi connectivity index (χ4v) is 5.04. The number of hydrogen-bond donors (Lipinski definition) is 0. The lowest BCUT2D eigenvalue weighted by Crippen LogP contribution is -2.53. The molecule has 5 rings (SSSR count). The van der Waals surface area contributed by atoms with E-state index in [4.69, 9.17) is 0 Å². The molecule has 2 aliphatic heterocycles. The number of benzene rings is 1. The van der Waals surface area contributed by atoms with Crippen LogP contribution >= 0.6 is 0 Å². The molecule has 2 aliphatic carbocycles. The molecule has 2 saturated heterocycles. The molecule has 4 aliphatic rings. The minimum atomic E-state index is 0.239. The predicted molar refractivity (Wildman–Crippen MR) is 105 cm³/mol. The van der Waals surface area contributed by atoms with E-state index in [-0.39, 0.29) is 5.92 Å². The van der Waals surface area contributed by atoms with Gasteiger partial charge in [-0.1, -0.05) is 18.6 Å². The molecule has 1 amide bonds. The number of anilines is 1. The van der Waals surface area contributed by atoms with Gasteiger partial charge in [0.2, 0.25) is 5.91 Å². The second kappa shape index (κ2) is 6.88. The minimum absolute atomic E-state index is 0.239. The van der Waals surface area contributed by atoms with E-state index in [2.05, 4.69) is 39.0 Å². The largest absolute Gasteiger partial charge is 0.372 e. The normalized spacial score (nSPS) is 29.7. The van der Waals surface area contributed by atoms with E-state index >= 15 is 0 Å². The maximum absolute atomic E-state index is 12.9. The van der Waals surface area contributed by atoms with Gasteiger partial charge in [0.25, 0.3) is 0 Å². The van der Waals surface area contributed by atoms with E-state index < -0.39 is 0 Å². The van der Waals surface area contributed by atoms with Crippen molar-refractivity contribution in [2.45, 2.75) is 50.5 Å². The summed E-state index contributed by atoms with van der Waals surface area (Å²) in [5.41, 5.74) is 2.71. The van der Waals surface area contributed by atoms with Gasteiger partial charge in [-0.05, 0) is 55.7 Å². The number of nitrogens with zero attached hydrogens (tertiary/aromatic N) is 3. The smallest absolute Gasteiger partial charge is 0.226 e. The number of piperazine rings is 1. The van der Waals surface area contributed by atoms with Crippen molar-refractivity contribution in [1.29, 1.82) is 0 Å². The maximum atomic E-state index is 12.9. The number of rotatable bonds is 4. The first-order chi connectivity index (χ1) is 12.8. The zero-order valence-electron chi connectivity index (χ0n) is 15.8. The Balaban J connectivity index is 1.15. The molecule has 0 radical (unpaired) electrons. The molecule has 4 nitrogen and oxygen atoms in total. The highest BCUT2D eigenvalue weighted by atomic mass is 16.2. The highest BCUT2D eigenvalue weighted by Gasteiger charge is 2.46. The van der Waals surface area contributed by atoms with Crippen LogP contribution in [0.1, 0.15) is 50.0 Å². The second-order valence-corrected chi connectivity index (χ2v) is 8.68. The Morgan fingerprint density at radius 1 is 0.846 bits per heavy atom. The van der Waals surface area contributed by atoms with Crippen molar-refractivity contribution in [2.75, 3.05) is 44.2 Å². The lowest BCUT2D eigenvalue weighted by molar-refractivity contribution is -0.135. The summed E-state index contributed by atoms with van der Waals surface area (Å²) < 4.78 is 0. The minimum Gasteiger partial charge on any atom is -0.372 e. The average molecular weight is 354 g/mol. The number of amides is 1. The molecule has 1 aromatic rings. The molecule has 4 heteroatoms. The molecule has 26 heavy (non-hydrogen) atoms. The van der Waals surface area contributed by atoms with E-state index in [0.29, 0.717) is 11.8 Å². The highest BCUT2D eigenvalue weighted by molar-refractivity contribution is 5.83. The number of carbonyl (C=O) groups is 1. The lowest BCUT2D eigenvalue weighted by Gasteiger charge is -2.43. The molecular formula is C22H31N3O. The van der Waals surface area contributed by atoms with Gasteiger partial charge in [0.1, 0.15) is 0 Å². The van der Waals surface area contributed by atoms with Crippen molar-refractivity contribution in [3.63, 3.8) is 0 Å². The van der Waals surface area contributed by atoms with Crippen LogP contribution in [0.4, 0.5) is 5.69 Å². The van der Waals surface area contributed by atoms with Crippen LogP contribution in [-0.4, -0.2) is 61.0 Å². The van der Waals surface area contributed by atoms with Crippen LogP contribution in [-0.2, 0) is 4.79 Å². The summed E-state index contributed by atoms with van der Waals surface area (Å²) in [6.07, 6.45) is 7.80. The van der Waals surface area contributed by atoms with Crippen molar-refractivity contribution in [1.82, 2.24) is 9.80 Å². The van der Waals surface area contributed by atoms with Gasteiger partial charge < -0.3 is 9.80 Å². The van der Waals surface area contributed by atoms with Crippen LogP contribution in [0.5, 0.6) is 0 Å². The van der Waals surface area contributed by atoms with Gasteiger partial charge in [-0.2, -0.15) is 0 Å². The van der Waals surface area contributed by atoms with Crippen LogP contribution in [0.15, 0.2) is 24.3 Å². The molecule has 0 aromatic heterocycles. The first kappa shape index (κ1) is 16.6. The molecule has 0 unspecified atom stereocenters. The SMILES string of the molecule is O=C([C@H]1C[C@@H]1c1ccc(N2CCCC2)cc1)N1CCN(C2CCC2)CC1. The van der Waals surface area contributed by atoms with Gasteiger partial charge in [-0.3, -0.25) is 9.69 Å². The van der Waals surface area contributed by atoms with Gasteiger partial charge in [0, 0.05) is 56.9 Å². The summed E-state index contributed by atoms with van der Waals surface area (Å²) in [5, 5.41) is 0. The Labute approximate surface area is 157 Å². The van der Waals surface area contributed by atoms with Crippen molar-refractivity contribution in [3.05, 3.63) is 29.8 Å². The quantitative estimate of drug-likeness (QED) is 0.832. The molecule has 0 bridgehead atoms. The third-order valence-electron chi connectivity index (χ3n) is 7.12. The van der Waals surface area contributed by atoms with Crippen LogP contribution in [0.25, 0.3) is 0 Å². The molecule has 0 spiro atoms. The number of carbonyl (C=O) groups excluding carboxylic acids is 1. The van der Waals surface area contributed by atoms with Crippen molar-refractivity contribution < 1.29 is 4.79 Å². The monoisotopic (exact) mass is 353 g/mol. The van der Waals surface area contributed by atoms with E-state index in [1.165, 1.54) is 56.4 Å². The second-order valence-electron chi connectivity index (χ2n) is 8.68.